The topological polar surface area (TPSA) is 123 Å². The Morgan fingerprint density at radius 3 is 2.07 bits per heavy atom. The standard InChI is InChI=1S/C34H37N3O7/c1-34(2,3)44-32(40)22-12-14-23(15-13-22)35-31(39)29(20-30(38)37-16-18-42-19-17-37)36-33(41)43-21-28-26-10-6-4-8-24(26)25-9-5-7-11-27(25)28/h4-15,28-29H,16-21H2,1-3H3,(H,35,39)(H,36,41)/t29-/m0/s1. The van der Waals surface area contributed by atoms with E-state index in [1.165, 1.54) is 12.1 Å². The number of rotatable bonds is 8. The van der Waals surface area contributed by atoms with Crippen LogP contribution in [-0.4, -0.2) is 73.3 Å². The fourth-order valence-electron chi connectivity index (χ4n) is 5.36. The van der Waals surface area contributed by atoms with Crippen molar-refractivity contribution in [2.75, 3.05) is 38.2 Å². The SMILES string of the molecule is CC(C)(C)OC(=O)c1ccc(NC(=O)[C@H](CC(=O)N2CCOCC2)NC(=O)OCC2c3ccccc3-c3ccccc32)cc1. The van der Waals surface area contributed by atoms with Gasteiger partial charge in [-0.1, -0.05) is 48.5 Å². The van der Waals surface area contributed by atoms with E-state index in [1.54, 1.807) is 37.8 Å². The fraction of sp³-hybridized carbons (Fsp3) is 0.353. The fourth-order valence-corrected chi connectivity index (χ4v) is 5.36. The number of esters is 1. The van der Waals surface area contributed by atoms with Gasteiger partial charge in [-0.15, -0.1) is 0 Å². The summed E-state index contributed by atoms with van der Waals surface area (Å²) < 4.78 is 16.4. The Bertz CT molecular complexity index is 1480. The summed E-state index contributed by atoms with van der Waals surface area (Å²) >= 11 is 0. The third-order valence-corrected chi connectivity index (χ3v) is 7.48. The van der Waals surface area contributed by atoms with Crippen LogP contribution < -0.4 is 10.6 Å². The molecule has 10 heteroatoms. The molecule has 1 aliphatic heterocycles. The van der Waals surface area contributed by atoms with E-state index in [2.05, 4.69) is 10.6 Å². The lowest BCUT2D eigenvalue weighted by Gasteiger charge is -2.28. The molecule has 44 heavy (non-hydrogen) atoms. The lowest BCUT2D eigenvalue weighted by atomic mass is 9.98. The quantitative estimate of drug-likeness (QED) is 0.359. The zero-order chi connectivity index (χ0) is 31.3. The molecule has 10 nitrogen and oxygen atoms in total. The first-order valence-electron chi connectivity index (χ1n) is 14.7. The maximum absolute atomic E-state index is 13.4. The van der Waals surface area contributed by atoms with Gasteiger partial charge >= 0.3 is 12.1 Å². The van der Waals surface area contributed by atoms with Gasteiger partial charge in [0, 0.05) is 24.7 Å². The van der Waals surface area contributed by atoms with Gasteiger partial charge in [-0.25, -0.2) is 9.59 Å². The van der Waals surface area contributed by atoms with Crippen LogP contribution in [-0.2, 0) is 23.8 Å². The molecule has 0 saturated carbocycles. The Kier molecular flexibility index (Phi) is 9.29. The first-order valence-corrected chi connectivity index (χ1v) is 14.7. The molecular weight excluding hydrogens is 562 g/mol. The third-order valence-electron chi connectivity index (χ3n) is 7.48. The van der Waals surface area contributed by atoms with E-state index < -0.39 is 29.6 Å². The second-order valence-electron chi connectivity index (χ2n) is 11.8. The first kappa shape index (κ1) is 30.7. The maximum Gasteiger partial charge on any atom is 0.407 e. The van der Waals surface area contributed by atoms with Gasteiger partial charge in [0.15, 0.2) is 0 Å². The summed E-state index contributed by atoms with van der Waals surface area (Å²) in [6, 6.07) is 21.0. The van der Waals surface area contributed by atoms with Gasteiger partial charge in [0.25, 0.3) is 0 Å². The van der Waals surface area contributed by atoms with Crippen LogP contribution in [0.25, 0.3) is 11.1 Å². The van der Waals surface area contributed by atoms with Crippen molar-refractivity contribution >= 4 is 29.6 Å². The van der Waals surface area contributed by atoms with Gasteiger partial charge in [0.05, 0.1) is 25.2 Å². The van der Waals surface area contributed by atoms with E-state index in [-0.39, 0.29) is 24.9 Å². The number of carbonyl (C=O) groups excluding carboxylic acids is 4. The van der Waals surface area contributed by atoms with Gasteiger partial charge in [0.1, 0.15) is 18.2 Å². The van der Waals surface area contributed by atoms with Crippen LogP contribution in [0, 0.1) is 0 Å². The number of fused-ring (bicyclic) bond motifs is 3. The minimum Gasteiger partial charge on any atom is -0.456 e. The summed E-state index contributed by atoms with van der Waals surface area (Å²) in [5.74, 6) is -1.52. The van der Waals surface area contributed by atoms with Crippen molar-refractivity contribution in [3.8, 4) is 11.1 Å². The molecule has 3 aromatic carbocycles. The highest BCUT2D eigenvalue weighted by Crippen LogP contribution is 2.44. The Morgan fingerprint density at radius 2 is 1.48 bits per heavy atom. The van der Waals surface area contributed by atoms with E-state index in [0.29, 0.717) is 37.6 Å². The second kappa shape index (κ2) is 13.3. The maximum atomic E-state index is 13.4. The van der Waals surface area contributed by atoms with Crippen molar-refractivity contribution in [3.63, 3.8) is 0 Å². The molecule has 1 aliphatic carbocycles. The molecular formula is C34H37N3O7. The van der Waals surface area contributed by atoms with Crippen LogP contribution in [0.1, 0.15) is 54.6 Å². The lowest BCUT2D eigenvalue weighted by molar-refractivity contribution is -0.137. The van der Waals surface area contributed by atoms with Crippen molar-refractivity contribution in [2.45, 2.75) is 44.8 Å². The molecule has 3 aromatic rings. The first-order chi connectivity index (χ1) is 21.1. The molecule has 0 unspecified atom stereocenters. The van der Waals surface area contributed by atoms with Crippen molar-refractivity contribution in [2.24, 2.45) is 0 Å². The molecule has 0 bridgehead atoms. The number of carbonyl (C=O) groups is 4. The molecule has 3 amide bonds. The minimum absolute atomic E-state index is 0.0672. The van der Waals surface area contributed by atoms with Crippen LogP contribution in [0.15, 0.2) is 72.8 Å². The number of alkyl carbamates (subject to hydrolysis) is 1. The number of nitrogens with one attached hydrogen (secondary N) is 2. The number of amides is 3. The highest BCUT2D eigenvalue weighted by atomic mass is 16.6. The van der Waals surface area contributed by atoms with E-state index in [1.807, 2.05) is 48.5 Å². The molecule has 1 saturated heterocycles. The number of morpholine rings is 1. The van der Waals surface area contributed by atoms with Crippen molar-refractivity contribution in [1.82, 2.24) is 10.2 Å². The number of benzene rings is 3. The van der Waals surface area contributed by atoms with Crippen LogP contribution in [0.4, 0.5) is 10.5 Å². The average molecular weight is 600 g/mol. The van der Waals surface area contributed by atoms with E-state index in [0.717, 1.165) is 22.3 Å². The Hall–Kier alpha value is -4.70. The average Bonchev–Trinajstić information content (AvgIpc) is 3.33. The zero-order valence-electron chi connectivity index (χ0n) is 25.1. The Balaban J connectivity index is 1.26. The summed E-state index contributed by atoms with van der Waals surface area (Å²) in [7, 11) is 0. The summed E-state index contributed by atoms with van der Waals surface area (Å²) in [4.78, 5) is 53.5. The predicted octanol–water partition coefficient (Wildman–Crippen LogP) is 4.74. The summed E-state index contributed by atoms with van der Waals surface area (Å²) in [6.45, 7) is 7.04. The third kappa shape index (κ3) is 7.44. The largest absolute Gasteiger partial charge is 0.456 e. The predicted molar refractivity (Wildman–Crippen MR) is 164 cm³/mol. The molecule has 0 radical (unpaired) electrons. The Morgan fingerprint density at radius 1 is 0.886 bits per heavy atom. The molecule has 230 valence electrons. The second-order valence-corrected chi connectivity index (χ2v) is 11.8. The highest BCUT2D eigenvalue weighted by molar-refractivity contribution is 5.99. The molecule has 1 atom stereocenters. The molecule has 2 aliphatic rings. The van der Waals surface area contributed by atoms with Crippen molar-refractivity contribution in [1.29, 1.82) is 0 Å². The minimum atomic E-state index is -1.20. The summed E-state index contributed by atoms with van der Waals surface area (Å²) in [5, 5.41) is 5.34. The van der Waals surface area contributed by atoms with Gasteiger partial charge in [-0.3, -0.25) is 9.59 Å². The molecule has 0 aromatic heterocycles. The molecule has 1 heterocycles. The number of ether oxygens (including phenoxy) is 3. The van der Waals surface area contributed by atoms with E-state index in [4.69, 9.17) is 14.2 Å². The normalized spacial score (nSPS) is 15.0. The zero-order valence-corrected chi connectivity index (χ0v) is 25.1. The van der Waals surface area contributed by atoms with Gasteiger partial charge < -0.3 is 29.7 Å². The van der Waals surface area contributed by atoms with Gasteiger partial charge in [-0.05, 0) is 67.3 Å². The van der Waals surface area contributed by atoms with Crippen molar-refractivity contribution < 1.29 is 33.4 Å². The number of nitrogens with zero attached hydrogens (tertiary/aromatic N) is 1. The monoisotopic (exact) mass is 599 g/mol. The van der Waals surface area contributed by atoms with Crippen LogP contribution >= 0.6 is 0 Å². The lowest BCUT2D eigenvalue weighted by Crippen LogP contribution is -2.49. The highest BCUT2D eigenvalue weighted by Gasteiger charge is 2.31. The van der Waals surface area contributed by atoms with Crippen LogP contribution in [0.5, 0.6) is 0 Å². The van der Waals surface area contributed by atoms with E-state index in [9.17, 15) is 19.2 Å². The number of hydrogen-bond acceptors (Lipinski definition) is 7. The summed E-state index contributed by atoms with van der Waals surface area (Å²) in [5.41, 5.74) is 4.40. The molecule has 2 N–H and O–H groups in total. The molecule has 1 fully saturated rings. The van der Waals surface area contributed by atoms with E-state index >= 15 is 0 Å². The van der Waals surface area contributed by atoms with Gasteiger partial charge in [-0.2, -0.15) is 0 Å². The van der Waals surface area contributed by atoms with Gasteiger partial charge in [0.2, 0.25) is 11.8 Å². The van der Waals surface area contributed by atoms with Crippen LogP contribution in [0.3, 0.4) is 0 Å². The Labute approximate surface area is 256 Å². The van der Waals surface area contributed by atoms with Crippen LogP contribution in [0.2, 0.25) is 0 Å². The summed E-state index contributed by atoms with van der Waals surface area (Å²) in [6.07, 6.45) is -1.06. The number of hydrogen-bond donors (Lipinski definition) is 2. The van der Waals surface area contributed by atoms with Crippen molar-refractivity contribution in [3.05, 3.63) is 89.5 Å². The smallest absolute Gasteiger partial charge is 0.407 e. The molecule has 5 rings (SSSR count). The number of anilines is 1. The molecule has 0 spiro atoms.